The molecule has 1 aromatic rings. The second-order valence-corrected chi connectivity index (χ2v) is 3.72. The first kappa shape index (κ1) is 15.3. The fourth-order valence-corrected chi connectivity index (χ4v) is 1.33. The molecule has 0 amide bonds. The van der Waals surface area contributed by atoms with E-state index in [0.717, 1.165) is 18.2 Å². The molecule has 0 aliphatic rings. The van der Waals surface area contributed by atoms with Crippen molar-refractivity contribution in [1.82, 2.24) is 5.32 Å². The van der Waals surface area contributed by atoms with Crippen LogP contribution >= 0.6 is 0 Å². The van der Waals surface area contributed by atoms with Crippen LogP contribution in [0.2, 0.25) is 0 Å². The molecule has 0 heterocycles. The van der Waals surface area contributed by atoms with E-state index in [1.165, 1.54) is 0 Å². The third-order valence-electron chi connectivity index (χ3n) is 2.27. The van der Waals surface area contributed by atoms with Crippen LogP contribution in [0.3, 0.4) is 0 Å². The Morgan fingerprint density at radius 2 is 2.05 bits per heavy atom. The Morgan fingerprint density at radius 3 is 2.58 bits per heavy atom. The summed E-state index contributed by atoms with van der Waals surface area (Å²) in [5.41, 5.74) is -0.505. The maximum absolute atomic E-state index is 12.9. The maximum atomic E-state index is 12.9. The Kier molecular flexibility index (Phi) is 4.78. The number of alkyl halides is 3. The molecule has 0 radical (unpaired) electrons. The van der Waals surface area contributed by atoms with Gasteiger partial charge in [0.15, 0.2) is 6.10 Å². The summed E-state index contributed by atoms with van der Waals surface area (Å²) in [6, 6.07) is 2.66. The first-order valence-electron chi connectivity index (χ1n) is 5.10. The van der Waals surface area contributed by atoms with E-state index in [-0.39, 0.29) is 12.1 Å². The largest absolute Gasteiger partial charge is 0.415 e. The van der Waals surface area contributed by atoms with Gasteiger partial charge in [0, 0.05) is 24.7 Å². The van der Waals surface area contributed by atoms with E-state index in [1.54, 1.807) is 0 Å². The highest BCUT2D eigenvalue weighted by atomic mass is 19.4. The Labute approximate surface area is 105 Å². The van der Waals surface area contributed by atoms with Crippen molar-refractivity contribution in [1.29, 1.82) is 0 Å². The van der Waals surface area contributed by atoms with Gasteiger partial charge in [0.05, 0.1) is 4.92 Å². The van der Waals surface area contributed by atoms with Crippen LogP contribution in [0.1, 0.15) is 5.56 Å². The molecule has 106 valence electrons. The summed E-state index contributed by atoms with van der Waals surface area (Å²) in [6.45, 7) is -1.20. The molecule has 1 rings (SSSR count). The molecule has 1 unspecified atom stereocenters. The summed E-state index contributed by atoms with van der Waals surface area (Å²) in [4.78, 5) is 9.85. The van der Waals surface area contributed by atoms with E-state index in [9.17, 15) is 27.7 Å². The monoisotopic (exact) mass is 282 g/mol. The molecule has 0 spiro atoms. The van der Waals surface area contributed by atoms with E-state index in [2.05, 4.69) is 5.32 Å². The lowest BCUT2D eigenvalue weighted by molar-refractivity contribution is -0.385. The molecule has 0 saturated heterocycles. The van der Waals surface area contributed by atoms with Crippen molar-refractivity contribution in [3.05, 3.63) is 39.7 Å². The van der Waals surface area contributed by atoms with Crippen LogP contribution < -0.4 is 5.32 Å². The van der Waals surface area contributed by atoms with Crippen LogP contribution in [-0.2, 0) is 6.54 Å². The molecule has 19 heavy (non-hydrogen) atoms. The van der Waals surface area contributed by atoms with Gasteiger partial charge in [-0.05, 0) is 12.1 Å². The van der Waals surface area contributed by atoms with E-state index in [0.29, 0.717) is 0 Å². The molecular weight excluding hydrogens is 272 g/mol. The maximum Gasteiger partial charge on any atom is 0.415 e. The predicted molar refractivity (Wildman–Crippen MR) is 56.8 cm³/mol. The third-order valence-corrected chi connectivity index (χ3v) is 2.27. The minimum atomic E-state index is -4.78. The minimum absolute atomic E-state index is 0.0978. The van der Waals surface area contributed by atoms with E-state index < -0.39 is 35.3 Å². The number of benzene rings is 1. The highest BCUT2D eigenvalue weighted by Gasteiger charge is 2.37. The number of aliphatic hydroxyl groups is 1. The van der Waals surface area contributed by atoms with Gasteiger partial charge >= 0.3 is 6.18 Å². The first-order chi connectivity index (χ1) is 8.71. The highest BCUT2D eigenvalue weighted by Crippen LogP contribution is 2.21. The molecule has 0 fully saturated rings. The second kappa shape index (κ2) is 5.93. The van der Waals surface area contributed by atoms with Crippen molar-refractivity contribution in [3.63, 3.8) is 0 Å². The standard InChI is InChI=1S/C10H10F4N2O3/c11-7-1-2-8(16(18)19)6(3-7)4-15-5-9(17)10(12,13)14/h1-3,9,15,17H,4-5H2. The number of halogens is 4. The number of nitro groups is 1. The van der Waals surface area contributed by atoms with Gasteiger partial charge in [-0.2, -0.15) is 13.2 Å². The Morgan fingerprint density at radius 1 is 1.42 bits per heavy atom. The summed E-state index contributed by atoms with van der Waals surface area (Å²) < 4.78 is 48.9. The van der Waals surface area contributed by atoms with Crippen LogP contribution in [0.5, 0.6) is 0 Å². The van der Waals surface area contributed by atoms with Gasteiger partial charge in [-0.1, -0.05) is 0 Å². The average molecular weight is 282 g/mol. The Balaban J connectivity index is 2.68. The van der Waals surface area contributed by atoms with Crippen LogP contribution in [0.15, 0.2) is 18.2 Å². The van der Waals surface area contributed by atoms with Gasteiger partial charge < -0.3 is 10.4 Å². The first-order valence-corrected chi connectivity index (χ1v) is 5.10. The lowest BCUT2D eigenvalue weighted by atomic mass is 10.1. The van der Waals surface area contributed by atoms with Crippen molar-refractivity contribution in [2.75, 3.05) is 6.54 Å². The summed E-state index contributed by atoms with van der Waals surface area (Å²) in [7, 11) is 0. The number of aliphatic hydroxyl groups excluding tert-OH is 1. The summed E-state index contributed by atoms with van der Waals surface area (Å²) >= 11 is 0. The van der Waals surface area contributed by atoms with Crippen molar-refractivity contribution < 1.29 is 27.6 Å². The Hall–Kier alpha value is -1.74. The van der Waals surface area contributed by atoms with Crippen molar-refractivity contribution in [2.24, 2.45) is 0 Å². The fraction of sp³-hybridized carbons (Fsp3) is 0.400. The van der Waals surface area contributed by atoms with Gasteiger partial charge in [0.2, 0.25) is 0 Å². The molecule has 0 saturated carbocycles. The zero-order chi connectivity index (χ0) is 14.6. The molecule has 2 N–H and O–H groups in total. The van der Waals surface area contributed by atoms with Gasteiger partial charge in [0.25, 0.3) is 5.69 Å². The van der Waals surface area contributed by atoms with Gasteiger partial charge in [-0.25, -0.2) is 4.39 Å². The fourth-order valence-electron chi connectivity index (χ4n) is 1.33. The Bertz CT molecular complexity index is 465. The van der Waals surface area contributed by atoms with Crippen LogP contribution in [0.4, 0.5) is 23.2 Å². The number of rotatable bonds is 5. The zero-order valence-electron chi connectivity index (χ0n) is 9.45. The van der Waals surface area contributed by atoms with Crippen LogP contribution in [0, 0.1) is 15.9 Å². The molecule has 1 atom stereocenters. The number of nitrogens with one attached hydrogen (secondary N) is 1. The number of hydrogen-bond acceptors (Lipinski definition) is 4. The summed E-state index contributed by atoms with van der Waals surface area (Å²) in [5, 5.41) is 21.5. The molecule has 0 aliphatic heterocycles. The van der Waals surface area contributed by atoms with Crippen LogP contribution in [0.25, 0.3) is 0 Å². The smallest absolute Gasteiger partial charge is 0.382 e. The van der Waals surface area contributed by atoms with Crippen molar-refractivity contribution >= 4 is 5.69 Å². The molecule has 9 heteroatoms. The molecule has 1 aromatic carbocycles. The summed E-state index contributed by atoms with van der Waals surface area (Å²) in [6.07, 6.45) is -7.36. The molecule has 0 aromatic heterocycles. The van der Waals surface area contributed by atoms with E-state index >= 15 is 0 Å². The third kappa shape index (κ3) is 4.45. The van der Waals surface area contributed by atoms with E-state index in [4.69, 9.17) is 5.11 Å². The van der Waals surface area contributed by atoms with Crippen LogP contribution in [-0.4, -0.2) is 28.9 Å². The quantitative estimate of drug-likeness (QED) is 0.490. The molecule has 0 aliphatic carbocycles. The second-order valence-electron chi connectivity index (χ2n) is 3.72. The number of hydrogen-bond donors (Lipinski definition) is 2. The van der Waals surface area contributed by atoms with Crippen molar-refractivity contribution in [3.8, 4) is 0 Å². The predicted octanol–water partition coefficient (Wildman–Crippen LogP) is 1.75. The number of nitro benzene ring substituents is 1. The number of nitrogens with zero attached hydrogens (tertiary/aromatic N) is 1. The molecule has 5 nitrogen and oxygen atoms in total. The topological polar surface area (TPSA) is 75.4 Å². The molecular formula is C10H10F4N2O3. The minimum Gasteiger partial charge on any atom is -0.382 e. The van der Waals surface area contributed by atoms with Crippen molar-refractivity contribution in [2.45, 2.75) is 18.8 Å². The molecule has 0 bridgehead atoms. The van der Waals surface area contributed by atoms with Gasteiger partial charge in [-0.15, -0.1) is 0 Å². The lowest BCUT2D eigenvalue weighted by Gasteiger charge is -2.15. The lowest BCUT2D eigenvalue weighted by Crippen LogP contribution is -2.38. The highest BCUT2D eigenvalue weighted by molar-refractivity contribution is 5.40. The zero-order valence-corrected chi connectivity index (χ0v) is 9.45. The average Bonchev–Trinajstić information content (AvgIpc) is 2.27. The van der Waals surface area contributed by atoms with E-state index in [1.807, 2.05) is 0 Å². The summed E-state index contributed by atoms with van der Waals surface area (Å²) in [5.74, 6) is -0.737. The van der Waals surface area contributed by atoms with Gasteiger partial charge in [-0.3, -0.25) is 10.1 Å². The van der Waals surface area contributed by atoms with Gasteiger partial charge in [0.1, 0.15) is 5.82 Å². The normalized spacial score (nSPS) is 13.3. The SMILES string of the molecule is O=[N+]([O-])c1ccc(F)cc1CNCC(O)C(F)(F)F.